The first-order valence-electron chi connectivity index (χ1n) is 5.59. The van der Waals surface area contributed by atoms with E-state index in [-0.39, 0.29) is 6.29 Å². The fraction of sp³-hybridized carbons (Fsp3) is 0.214. The van der Waals surface area contributed by atoms with Crippen molar-refractivity contribution >= 4 is 22.6 Å². The third-order valence-corrected chi connectivity index (χ3v) is 3.18. The Morgan fingerprint density at radius 2 is 1.94 bits per heavy atom. The van der Waals surface area contributed by atoms with Crippen LogP contribution in [0.4, 0.5) is 0 Å². The highest BCUT2D eigenvalue weighted by atomic mass is 127. The van der Waals surface area contributed by atoms with Gasteiger partial charge in [0.05, 0.1) is 12.3 Å². The summed E-state index contributed by atoms with van der Waals surface area (Å²) in [6.07, 6.45) is 1.40. The number of nitrogens with zero attached hydrogens (tertiary/aromatic N) is 1. The molecule has 1 aromatic carbocycles. The molecule has 0 saturated heterocycles. The van der Waals surface area contributed by atoms with Crippen molar-refractivity contribution in [3.05, 3.63) is 63.5 Å². The van der Waals surface area contributed by atoms with Gasteiger partial charge < -0.3 is 9.47 Å². The Balaban J connectivity index is 1.99. The number of hydrogen-bond donors (Lipinski definition) is 0. The van der Waals surface area contributed by atoms with Crippen LogP contribution in [0.5, 0.6) is 0 Å². The van der Waals surface area contributed by atoms with Crippen molar-refractivity contribution in [3.8, 4) is 0 Å². The van der Waals surface area contributed by atoms with Gasteiger partial charge >= 0.3 is 0 Å². The lowest BCUT2D eigenvalue weighted by atomic mass is 10.2. The van der Waals surface area contributed by atoms with Crippen molar-refractivity contribution in [1.82, 2.24) is 4.98 Å². The molecule has 18 heavy (non-hydrogen) atoms. The van der Waals surface area contributed by atoms with Crippen LogP contribution in [0.15, 0.2) is 48.7 Å². The predicted molar refractivity (Wildman–Crippen MR) is 77.9 cm³/mol. The second-order valence-corrected chi connectivity index (χ2v) is 5.00. The van der Waals surface area contributed by atoms with Crippen molar-refractivity contribution in [2.45, 2.75) is 12.9 Å². The molecular formula is C14H14INO2. The third kappa shape index (κ3) is 3.76. The molecule has 0 saturated carbocycles. The topological polar surface area (TPSA) is 31.4 Å². The molecule has 4 heteroatoms. The first-order valence-corrected chi connectivity index (χ1v) is 6.67. The van der Waals surface area contributed by atoms with Crippen molar-refractivity contribution in [3.63, 3.8) is 0 Å². The SMILES string of the molecule is COC(OCc1ccccn1)c1ccc(I)cc1. The van der Waals surface area contributed by atoms with Gasteiger partial charge in [-0.25, -0.2) is 0 Å². The predicted octanol–water partition coefficient (Wildman–Crippen LogP) is 3.55. The van der Waals surface area contributed by atoms with Gasteiger partial charge in [-0.1, -0.05) is 18.2 Å². The maximum Gasteiger partial charge on any atom is 0.183 e. The molecular weight excluding hydrogens is 341 g/mol. The normalized spacial score (nSPS) is 12.3. The van der Waals surface area contributed by atoms with Crippen molar-refractivity contribution in [2.24, 2.45) is 0 Å². The molecule has 1 atom stereocenters. The van der Waals surface area contributed by atoms with E-state index in [1.165, 1.54) is 3.57 Å². The van der Waals surface area contributed by atoms with Gasteiger partial charge in [-0.05, 0) is 46.9 Å². The minimum Gasteiger partial charge on any atom is -0.352 e. The van der Waals surface area contributed by atoms with E-state index >= 15 is 0 Å². The highest BCUT2D eigenvalue weighted by Gasteiger charge is 2.10. The van der Waals surface area contributed by atoms with Crippen LogP contribution in [-0.4, -0.2) is 12.1 Å². The van der Waals surface area contributed by atoms with Gasteiger partial charge in [0.15, 0.2) is 6.29 Å². The molecule has 0 N–H and O–H groups in total. The second-order valence-electron chi connectivity index (χ2n) is 3.75. The molecule has 0 aliphatic heterocycles. The van der Waals surface area contributed by atoms with Crippen molar-refractivity contribution in [1.29, 1.82) is 0 Å². The molecule has 0 radical (unpaired) electrons. The van der Waals surface area contributed by atoms with Crippen LogP contribution in [0.1, 0.15) is 17.5 Å². The summed E-state index contributed by atoms with van der Waals surface area (Å²) in [4.78, 5) is 4.21. The molecule has 0 bridgehead atoms. The van der Waals surface area contributed by atoms with Gasteiger partial charge in [0.2, 0.25) is 0 Å². The molecule has 0 aliphatic rings. The molecule has 0 aliphatic carbocycles. The number of hydrogen-bond acceptors (Lipinski definition) is 3. The Hall–Kier alpha value is -0.980. The van der Waals surface area contributed by atoms with E-state index in [2.05, 4.69) is 27.6 Å². The summed E-state index contributed by atoms with van der Waals surface area (Å²) >= 11 is 2.27. The minimum atomic E-state index is -0.357. The van der Waals surface area contributed by atoms with E-state index in [0.717, 1.165) is 11.3 Å². The lowest BCUT2D eigenvalue weighted by Crippen LogP contribution is -2.07. The molecule has 0 spiro atoms. The molecule has 0 amide bonds. The monoisotopic (exact) mass is 355 g/mol. The lowest BCUT2D eigenvalue weighted by Gasteiger charge is -2.16. The first kappa shape index (κ1) is 13.5. The summed E-state index contributed by atoms with van der Waals surface area (Å²) in [5, 5.41) is 0. The quantitative estimate of drug-likeness (QED) is 0.607. The van der Waals surface area contributed by atoms with Crippen molar-refractivity contribution in [2.75, 3.05) is 7.11 Å². The van der Waals surface area contributed by atoms with Crippen LogP contribution in [0.2, 0.25) is 0 Å². The van der Waals surface area contributed by atoms with Crippen LogP contribution in [0.25, 0.3) is 0 Å². The zero-order valence-electron chi connectivity index (χ0n) is 10.0. The van der Waals surface area contributed by atoms with Gasteiger partial charge in [0, 0.05) is 22.4 Å². The molecule has 0 fully saturated rings. The van der Waals surface area contributed by atoms with Crippen molar-refractivity contribution < 1.29 is 9.47 Å². The maximum atomic E-state index is 5.72. The summed E-state index contributed by atoms with van der Waals surface area (Å²) in [5.74, 6) is 0. The average Bonchev–Trinajstić information content (AvgIpc) is 2.42. The summed E-state index contributed by atoms with van der Waals surface area (Å²) < 4.78 is 12.3. The number of benzene rings is 1. The zero-order valence-corrected chi connectivity index (χ0v) is 12.2. The van der Waals surface area contributed by atoms with Crippen LogP contribution < -0.4 is 0 Å². The molecule has 1 unspecified atom stereocenters. The van der Waals surface area contributed by atoms with Crippen LogP contribution in [0, 0.1) is 3.57 Å². The van der Waals surface area contributed by atoms with Gasteiger partial charge in [0.1, 0.15) is 0 Å². The maximum absolute atomic E-state index is 5.72. The molecule has 94 valence electrons. The Labute approximate surface area is 120 Å². The number of rotatable bonds is 5. The number of aromatic nitrogens is 1. The number of ether oxygens (including phenoxy) is 2. The van der Waals surface area contributed by atoms with E-state index in [0.29, 0.717) is 6.61 Å². The largest absolute Gasteiger partial charge is 0.352 e. The van der Waals surface area contributed by atoms with E-state index in [1.807, 2.05) is 42.5 Å². The standard InChI is InChI=1S/C14H14INO2/c1-17-14(11-5-7-12(15)8-6-11)18-10-13-4-2-3-9-16-13/h2-9,14H,10H2,1H3. The molecule has 1 aromatic heterocycles. The fourth-order valence-corrected chi connectivity index (χ4v) is 1.92. The van der Waals surface area contributed by atoms with Crippen LogP contribution in [-0.2, 0) is 16.1 Å². The highest BCUT2D eigenvalue weighted by Crippen LogP contribution is 2.20. The zero-order chi connectivity index (χ0) is 12.8. The van der Waals surface area contributed by atoms with E-state index in [9.17, 15) is 0 Å². The Bertz CT molecular complexity index is 473. The van der Waals surface area contributed by atoms with E-state index in [1.54, 1.807) is 13.3 Å². The number of methoxy groups -OCH3 is 1. The molecule has 3 nitrogen and oxygen atoms in total. The van der Waals surface area contributed by atoms with Gasteiger partial charge in [-0.15, -0.1) is 0 Å². The fourth-order valence-electron chi connectivity index (χ4n) is 1.56. The number of pyridine rings is 1. The number of halogens is 1. The Morgan fingerprint density at radius 1 is 1.17 bits per heavy atom. The Kier molecular flexibility index (Phi) is 5.10. The van der Waals surface area contributed by atoms with E-state index < -0.39 is 0 Å². The molecule has 2 aromatic rings. The van der Waals surface area contributed by atoms with Gasteiger partial charge in [-0.2, -0.15) is 0 Å². The van der Waals surface area contributed by atoms with Crippen LogP contribution >= 0.6 is 22.6 Å². The Morgan fingerprint density at radius 3 is 2.56 bits per heavy atom. The van der Waals surface area contributed by atoms with E-state index in [4.69, 9.17) is 9.47 Å². The summed E-state index contributed by atoms with van der Waals surface area (Å²) in [6, 6.07) is 13.8. The van der Waals surface area contributed by atoms with Gasteiger partial charge in [0.25, 0.3) is 0 Å². The summed E-state index contributed by atoms with van der Waals surface area (Å²) in [5.41, 5.74) is 1.90. The lowest BCUT2D eigenvalue weighted by molar-refractivity contribution is -0.136. The smallest absolute Gasteiger partial charge is 0.183 e. The second kappa shape index (κ2) is 6.82. The van der Waals surface area contributed by atoms with Gasteiger partial charge in [-0.3, -0.25) is 4.98 Å². The van der Waals surface area contributed by atoms with Crippen LogP contribution in [0.3, 0.4) is 0 Å². The first-order chi connectivity index (χ1) is 8.79. The molecule has 1 heterocycles. The average molecular weight is 355 g/mol. The summed E-state index contributed by atoms with van der Waals surface area (Å²) in [6.45, 7) is 0.436. The molecule has 2 rings (SSSR count). The third-order valence-electron chi connectivity index (χ3n) is 2.46. The highest BCUT2D eigenvalue weighted by molar-refractivity contribution is 14.1. The minimum absolute atomic E-state index is 0.357. The summed E-state index contributed by atoms with van der Waals surface area (Å²) in [7, 11) is 1.64.